The Morgan fingerprint density at radius 1 is 1.32 bits per heavy atom. The van der Waals surface area contributed by atoms with Gasteiger partial charge in [0.25, 0.3) is 5.56 Å². The van der Waals surface area contributed by atoms with E-state index in [4.69, 9.17) is 0 Å². The van der Waals surface area contributed by atoms with E-state index in [1.165, 1.54) is 14.1 Å². The molecule has 1 rings (SSSR count). The molecule has 0 radical (unpaired) electrons. The van der Waals surface area contributed by atoms with Crippen molar-refractivity contribution in [1.82, 2.24) is 13.9 Å². The van der Waals surface area contributed by atoms with Crippen LogP contribution in [0, 0.1) is 11.8 Å². The SMILES string of the molecule is CC#CCCNS(=O)(=O)c1cn(C)c(=O)n(C)c1=O. The number of aryl methyl sites for hydroxylation is 1. The van der Waals surface area contributed by atoms with Crippen LogP contribution in [0.2, 0.25) is 0 Å². The highest BCUT2D eigenvalue weighted by Gasteiger charge is 2.20. The summed E-state index contributed by atoms with van der Waals surface area (Å²) < 4.78 is 27.9. The quantitative estimate of drug-likeness (QED) is 0.554. The molecule has 0 amide bonds. The van der Waals surface area contributed by atoms with E-state index in [9.17, 15) is 18.0 Å². The summed E-state index contributed by atoms with van der Waals surface area (Å²) in [5, 5.41) is 0. The molecule has 19 heavy (non-hydrogen) atoms. The predicted octanol–water partition coefficient (Wildman–Crippen LogP) is -1.22. The summed E-state index contributed by atoms with van der Waals surface area (Å²) in [4.78, 5) is 22.8. The zero-order valence-electron chi connectivity index (χ0n) is 10.9. The van der Waals surface area contributed by atoms with Crippen LogP contribution in [0.25, 0.3) is 0 Å². The number of hydrogen-bond acceptors (Lipinski definition) is 4. The second-order valence-corrected chi connectivity index (χ2v) is 5.56. The first kappa shape index (κ1) is 15.2. The zero-order valence-corrected chi connectivity index (χ0v) is 11.7. The molecule has 0 saturated heterocycles. The first-order valence-corrected chi connectivity index (χ1v) is 6.95. The minimum absolute atomic E-state index is 0.106. The first-order chi connectivity index (χ1) is 8.81. The zero-order chi connectivity index (χ0) is 14.6. The number of sulfonamides is 1. The summed E-state index contributed by atoms with van der Waals surface area (Å²) in [6.07, 6.45) is 1.36. The Bertz CT molecular complexity index is 747. The minimum Gasteiger partial charge on any atom is -0.302 e. The van der Waals surface area contributed by atoms with Crippen molar-refractivity contribution in [3.05, 3.63) is 27.0 Å². The Morgan fingerprint density at radius 2 is 1.95 bits per heavy atom. The van der Waals surface area contributed by atoms with Gasteiger partial charge in [-0.1, -0.05) is 0 Å². The van der Waals surface area contributed by atoms with Crippen LogP contribution in [-0.4, -0.2) is 24.1 Å². The number of aromatic nitrogens is 2. The van der Waals surface area contributed by atoms with Crippen molar-refractivity contribution in [3.8, 4) is 11.8 Å². The van der Waals surface area contributed by atoms with E-state index in [0.29, 0.717) is 6.42 Å². The molecule has 0 aromatic carbocycles. The highest BCUT2D eigenvalue weighted by molar-refractivity contribution is 7.89. The Labute approximate surface area is 110 Å². The van der Waals surface area contributed by atoms with Crippen molar-refractivity contribution in [2.24, 2.45) is 14.1 Å². The number of nitrogens with one attached hydrogen (secondary N) is 1. The van der Waals surface area contributed by atoms with Gasteiger partial charge in [-0.25, -0.2) is 17.9 Å². The van der Waals surface area contributed by atoms with E-state index < -0.39 is 26.2 Å². The van der Waals surface area contributed by atoms with Crippen LogP contribution in [0.5, 0.6) is 0 Å². The fraction of sp³-hybridized carbons (Fsp3) is 0.455. The van der Waals surface area contributed by atoms with E-state index in [1.807, 2.05) is 0 Å². The molecule has 7 nitrogen and oxygen atoms in total. The Hall–Kier alpha value is -1.85. The molecule has 0 spiro atoms. The van der Waals surface area contributed by atoms with Crippen molar-refractivity contribution in [2.45, 2.75) is 18.2 Å². The van der Waals surface area contributed by atoms with Crippen molar-refractivity contribution < 1.29 is 8.42 Å². The summed E-state index contributed by atoms with van der Waals surface area (Å²) in [6.45, 7) is 1.76. The average Bonchev–Trinajstić information content (AvgIpc) is 2.36. The van der Waals surface area contributed by atoms with Crippen molar-refractivity contribution in [1.29, 1.82) is 0 Å². The smallest absolute Gasteiger partial charge is 0.302 e. The van der Waals surface area contributed by atoms with Crippen molar-refractivity contribution >= 4 is 10.0 Å². The second kappa shape index (κ2) is 5.86. The molecule has 0 aliphatic heterocycles. The summed E-state index contributed by atoms with van der Waals surface area (Å²) in [5.74, 6) is 5.34. The lowest BCUT2D eigenvalue weighted by molar-refractivity contribution is 0.571. The molecular weight excluding hydrogens is 270 g/mol. The van der Waals surface area contributed by atoms with E-state index in [0.717, 1.165) is 15.3 Å². The van der Waals surface area contributed by atoms with Gasteiger partial charge in [-0.15, -0.1) is 11.8 Å². The Morgan fingerprint density at radius 3 is 2.53 bits per heavy atom. The van der Waals surface area contributed by atoms with Gasteiger partial charge in [-0.2, -0.15) is 0 Å². The summed E-state index contributed by atoms with van der Waals surface area (Å²) in [5.41, 5.74) is -1.43. The summed E-state index contributed by atoms with van der Waals surface area (Å²) >= 11 is 0. The maximum absolute atomic E-state index is 11.9. The van der Waals surface area contributed by atoms with Gasteiger partial charge in [0, 0.05) is 33.3 Å². The normalized spacial score (nSPS) is 10.9. The molecule has 0 aliphatic rings. The maximum Gasteiger partial charge on any atom is 0.330 e. The van der Waals surface area contributed by atoms with Crippen LogP contribution in [0.1, 0.15) is 13.3 Å². The lowest BCUT2D eigenvalue weighted by Crippen LogP contribution is -2.41. The summed E-state index contributed by atoms with van der Waals surface area (Å²) in [7, 11) is -1.34. The van der Waals surface area contributed by atoms with E-state index in [-0.39, 0.29) is 6.54 Å². The third-order valence-electron chi connectivity index (χ3n) is 2.42. The molecule has 8 heteroatoms. The standard InChI is InChI=1S/C11H15N3O4S/c1-4-5-6-7-12-19(17,18)9-8-13(2)11(16)14(3)10(9)15/h8,12H,6-7H2,1-3H3. The van der Waals surface area contributed by atoms with E-state index in [1.54, 1.807) is 6.92 Å². The second-order valence-electron chi connectivity index (χ2n) is 3.83. The number of nitrogens with zero attached hydrogens (tertiary/aromatic N) is 2. The van der Waals surface area contributed by atoms with Crippen LogP contribution < -0.4 is 16.0 Å². The molecule has 1 aromatic heterocycles. The highest BCUT2D eigenvalue weighted by atomic mass is 32.2. The molecule has 0 saturated carbocycles. The molecule has 1 heterocycles. The first-order valence-electron chi connectivity index (χ1n) is 5.47. The van der Waals surface area contributed by atoms with E-state index >= 15 is 0 Å². The Kier molecular flexibility index (Phi) is 4.69. The van der Waals surface area contributed by atoms with Crippen LogP contribution in [0.4, 0.5) is 0 Å². The summed E-state index contributed by atoms with van der Waals surface area (Å²) in [6, 6.07) is 0. The topological polar surface area (TPSA) is 90.2 Å². The molecule has 0 bridgehead atoms. The number of rotatable bonds is 4. The van der Waals surface area contributed by atoms with Gasteiger partial charge >= 0.3 is 5.69 Å². The molecule has 1 aromatic rings. The molecular formula is C11H15N3O4S. The molecule has 1 N–H and O–H groups in total. The van der Waals surface area contributed by atoms with Crippen LogP contribution in [0.3, 0.4) is 0 Å². The minimum atomic E-state index is -3.94. The lowest BCUT2D eigenvalue weighted by Gasteiger charge is -2.08. The third-order valence-corrected chi connectivity index (χ3v) is 3.87. The van der Waals surface area contributed by atoms with Gasteiger partial charge in [-0.05, 0) is 6.92 Å². The van der Waals surface area contributed by atoms with Crippen molar-refractivity contribution in [2.75, 3.05) is 6.54 Å². The van der Waals surface area contributed by atoms with E-state index in [2.05, 4.69) is 16.6 Å². The average molecular weight is 285 g/mol. The molecule has 0 atom stereocenters. The molecule has 0 unspecified atom stereocenters. The Balaban J connectivity index is 3.18. The van der Waals surface area contributed by atoms with Gasteiger partial charge in [0.05, 0.1) is 0 Å². The van der Waals surface area contributed by atoms with Crippen LogP contribution in [-0.2, 0) is 24.1 Å². The monoisotopic (exact) mass is 285 g/mol. The highest BCUT2D eigenvalue weighted by Crippen LogP contribution is 1.99. The fourth-order valence-corrected chi connectivity index (χ4v) is 2.60. The van der Waals surface area contributed by atoms with Crippen LogP contribution in [0.15, 0.2) is 20.7 Å². The van der Waals surface area contributed by atoms with Gasteiger partial charge < -0.3 is 4.57 Å². The molecule has 0 aliphatic carbocycles. The van der Waals surface area contributed by atoms with Gasteiger partial charge in [0.2, 0.25) is 10.0 Å². The van der Waals surface area contributed by atoms with Gasteiger partial charge in [0.15, 0.2) is 4.90 Å². The molecule has 104 valence electrons. The fourth-order valence-electron chi connectivity index (χ4n) is 1.41. The van der Waals surface area contributed by atoms with Gasteiger partial charge in [-0.3, -0.25) is 9.36 Å². The number of hydrogen-bond donors (Lipinski definition) is 1. The van der Waals surface area contributed by atoms with Crippen LogP contribution >= 0.6 is 0 Å². The maximum atomic E-state index is 11.9. The lowest BCUT2D eigenvalue weighted by atomic mass is 10.4. The predicted molar refractivity (Wildman–Crippen MR) is 70.2 cm³/mol. The van der Waals surface area contributed by atoms with Crippen molar-refractivity contribution in [3.63, 3.8) is 0 Å². The largest absolute Gasteiger partial charge is 0.330 e. The molecule has 0 fully saturated rings. The van der Waals surface area contributed by atoms with Gasteiger partial charge in [0.1, 0.15) is 0 Å². The third kappa shape index (κ3) is 3.33.